The molecule has 4 nitrogen and oxygen atoms in total. The van der Waals surface area contributed by atoms with Gasteiger partial charge in [0.1, 0.15) is 0 Å². The van der Waals surface area contributed by atoms with Crippen molar-refractivity contribution < 1.29 is 4.79 Å². The lowest BCUT2D eigenvalue weighted by atomic mass is 10.2. The first-order valence-electron chi connectivity index (χ1n) is 4.61. The fourth-order valence-corrected chi connectivity index (χ4v) is 1.22. The van der Waals surface area contributed by atoms with Gasteiger partial charge in [-0.2, -0.15) is 0 Å². The summed E-state index contributed by atoms with van der Waals surface area (Å²) in [5.41, 5.74) is 5.50. The minimum atomic E-state index is -0.0634. The van der Waals surface area contributed by atoms with E-state index >= 15 is 0 Å². The van der Waals surface area contributed by atoms with Crippen LogP contribution >= 0.6 is 0 Å². The van der Waals surface area contributed by atoms with Crippen molar-refractivity contribution in [1.29, 1.82) is 0 Å². The summed E-state index contributed by atoms with van der Waals surface area (Å²) in [5, 5.41) is 2.88. The monoisotopic (exact) mass is 187 g/mol. The van der Waals surface area contributed by atoms with Gasteiger partial charge in [-0.1, -0.05) is 0 Å². The number of hydrogen-bond donors (Lipinski definition) is 2. The van der Waals surface area contributed by atoms with Crippen LogP contribution in [0.1, 0.15) is 20.3 Å². The molecule has 0 aliphatic heterocycles. The Labute approximate surface area is 80.5 Å². The van der Waals surface area contributed by atoms with Crippen molar-refractivity contribution in [2.75, 3.05) is 20.6 Å². The van der Waals surface area contributed by atoms with Crippen LogP contribution in [0.2, 0.25) is 0 Å². The zero-order chi connectivity index (χ0) is 10.4. The molecular formula is C9H21N3O. The van der Waals surface area contributed by atoms with Gasteiger partial charge in [-0.25, -0.2) is 0 Å². The fourth-order valence-electron chi connectivity index (χ4n) is 1.22. The molecule has 0 fully saturated rings. The van der Waals surface area contributed by atoms with E-state index in [1.807, 2.05) is 32.8 Å². The largest absolute Gasteiger partial charge is 0.352 e. The maximum atomic E-state index is 11.2. The van der Waals surface area contributed by atoms with E-state index in [0.717, 1.165) is 6.54 Å². The molecule has 0 saturated carbocycles. The maximum absolute atomic E-state index is 11.2. The molecule has 1 amide bonds. The van der Waals surface area contributed by atoms with Crippen LogP contribution in [0.15, 0.2) is 0 Å². The zero-order valence-corrected chi connectivity index (χ0v) is 9.00. The number of carbonyl (C=O) groups excluding carboxylic acids is 1. The number of carbonyl (C=O) groups is 1. The van der Waals surface area contributed by atoms with Crippen LogP contribution in [0.4, 0.5) is 0 Å². The molecule has 0 rings (SSSR count). The van der Waals surface area contributed by atoms with Crippen LogP contribution in [0.3, 0.4) is 0 Å². The molecule has 0 spiro atoms. The maximum Gasteiger partial charge on any atom is 0.221 e. The van der Waals surface area contributed by atoms with Gasteiger partial charge in [0, 0.05) is 25.0 Å². The van der Waals surface area contributed by atoms with Crippen LogP contribution in [-0.2, 0) is 4.79 Å². The second-order valence-electron chi connectivity index (χ2n) is 3.91. The first kappa shape index (κ1) is 12.4. The molecule has 0 bridgehead atoms. The molecule has 4 heteroatoms. The van der Waals surface area contributed by atoms with E-state index in [2.05, 4.69) is 5.32 Å². The number of hydrogen-bond acceptors (Lipinski definition) is 3. The number of likely N-dealkylation sites (N-methyl/N-ethyl adjacent to an activating group) is 1. The summed E-state index contributed by atoms with van der Waals surface area (Å²) in [6, 6.07) is 0.118. The Bertz CT molecular complexity index is 157. The van der Waals surface area contributed by atoms with Crippen molar-refractivity contribution in [3.63, 3.8) is 0 Å². The lowest BCUT2D eigenvalue weighted by molar-refractivity contribution is -0.122. The first-order valence-corrected chi connectivity index (χ1v) is 4.61. The lowest BCUT2D eigenvalue weighted by Crippen LogP contribution is -2.41. The number of rotatable bonds is 5. The number of nitrogens with two attached hydrogens (primary N) is 1. The molecule has 13 heavy (non-hydrogen) atoms. The lowest BCUT2D eigenvalue weighted by Gasteiger charge is -2.18. The van der Waals surface area contributed by atoms with Gasteiger partial charge in [0.15, 0.2) is 0 Å². The Kier molecular flexibility index (Phi) is 5.66. The Morgan fingerprint density at radius 3 is 2.38 bits per heavy atom. The number of nitrogens with zero attached hydrogens (tertiary/aromatic N) is 1. The molecule has 0 aromatic carbocycles. The van der Waals surface area contributed by atoms with E-state index in [9.17, 15) is 4.79 Å². The van der Waals surface area contributed by atoms with Crippen LogP contribution in [0.5, 0.6) is 0 Å². The summed E-state index contributed by atoms with van der Waals surface area (Å²) in [6.45, 7) is 4.67. The van der Waals surface area contributed by atoms with E-state index < -0.39 is 0 Å². The fraction of sp³-hybridized carbons (Fsp3) is 0.889. The molecule has 0 saturated heterocycles. The molecule has 0 aliphatic carbocycles. The summed E-state index contributed by atoms with van der Waals surface area (Å²) in [5.74, 6) is 0.0318. The Hall–Kier alpha value is -0.610. The Balaban J connectivity index is 3.65. The Morgan fingerprint density at radius 1 is 1.46 bits per heavy atom. The minimum absolute atomic E-state index is 0.0318. The summed E-state index contributed by atoms with van der Waals surface area (Å²) in [4.78, 5) is 13.3. The first-order chi connectivity index (χ1) is 5.91. The van der Waals surface area contributed by atoms with E-state index in [1.165, 1.54) is 0 Å². The highest BCUT2D eigenvalue weighted by molar-refractivity contribution is 5.76. The van der Waals surface area contributed by atoms with Gasteiger partial charge in [0.2, 0.25) is 5.91 Å². The summed E-state index contributed by atoms with van der Waals surface area (Å²) in [6.07, 6.45) is 0.401. The van der Waals surface area contributed by atoms with Gasteiger partial charge in [-0.3, -0.25) is 4.79 Å². The quantitative estimate of drug-likeness (QED) is 0.626. The second-order valence-corrected chi connectivity index (χ2v) is 3.91. The molecule has 2 unspecified atom stereocenters. The molecular weight excluding hydrogens is 166 g/mol. The molecule has 0 aromatic heterocycles. The van der Waals surface area contributed by atoms with E-state index in [4.69, 9.17) is 5.73 Å². The van der Waals surface area contributed by atoms with Gasteiger partial charge >= 0.3 is 0 Å². The highest BCUT2D eigenvalue weighted by atomic mass is 16.1. The molecule has 3 N–H and O–H groups in total. The molecule has 0 heterocycles. The van der Waals surface area contributed by atoms with Crippen LogP contribution in [0.25, 0.3) is 0 Å². The third kappa shape index (κ3) is 7.74. The zero-order valence-electron chi connectivity index (χ0n) is 9.00. The Morgan fingerprint density at radius 2 is 2.00 bits per heavy atom. The van der Waals surface area contributed by atoms with Crippen molar-refractivity contribution in [3.8, 4) is 0 Å². The van der Waals surface area contributed by atoms with E-state index in [-0.39, 0.29) is 18.0 Å². The van der Waals surface area contributed by atoms with Gasteiger partial charge in [0.05, 0.1) is 0 Å². The highest BCUT2D eigenvalue weighted by Gasteiger charge is 2.09. The van der Waals surface area contributed by atoms with Crippen molar-refractivity contribution in [2.45, 2.75) is 32.4 Å². The van der Waals surface area contributed by atoms with Crippen LogP contribution in [0, 0.1) is 0 Å². The normalized spacial score (nSPS) is 15.5. The number of amides is 1. The van der Waals surface area contributed by atoms with Gasteiger partial charge in [0.25, 0.3) is 0 Å². The van der Waals surface area contributed by atoms with Gasteiger partial charge in [-0.05, 0) is 27.9 Å². The summed E-state index contributed by atoms with van der Waals surface area (Å²) in [7, 11) is 3.96. The molecule has 0 radical (unpaired) electrons. The molecule has 2 atom stereocenters. The van der Waals surface area contributed by atoms with Crippen molar-refractivity contribution in [2.24, 2.45) is 5.73 Å². The standard InChI is InChI=1S/C9H21N3O/c1-7(10)5-9(13)11-8(2)6-12(3)4/h7-8H,5-6,10H2,1-4H3,(H,11,13). The van der Waals surface area contributed by atoms with Crippen molar-refractivity contribution in [3.05, 3.63) is 0 Å². The highest BCUT2D eigenvalue weighted by Crippen LogP contribution is 1.90. The van der Waals surface area contributed by atoms with E-state index in [0.29, 0.717) is 6.42 Å². The summed E-state index contributed by atoms with van der Waals surface area (Å²) < 4.78 is 0. The van der Waals surface area contributed by atoms with Crippen LogP contribution < -0.4 is 11.1 Å². The third-order valence-electron chi connectivity index (χ3n) is 1.55. The van der Waals surface area contributed by atoms with Crippen molar-refractivity contribution >= 4 is 5.91 Å². The molecule has 0 aliphatic rings. The smallest absolute Gasteiger partial charge is 0.221 e. The average molecular weight is 187 g/mol. The van der Waals surface area contributed by atoms with Crippen LogP contribution in [-0.4, -0.2) is 43.5 Å². The second kappa shape index (κ2) is 5.94. The predicted octanol–water partition coefficient (Wildman–Crippen LogP) is -0.210. The summed E-state index contributed by atoms with van der Waals surface area (Å²) >= 11 is 0. The SMILES string of the molecule is CC(N)CC(=O)NC(C)CN(C)C. The van der Waals surface area contributed by atoms with Gasteiger partial charge in [-0.15, -0.1) is 0 Å². The van der Waals surface area contributed by atoms with E-state index in [1.54, 1.807) is 0 Å². The molecule has 0 aromatic rings. The average Bonchev–Trinajstić information content (AvgIpc) is 1.80. The predicted molar refractivity (Wildman–Crippen MR) is 54.4 cm³/mol. The molecule has 78 valence electrons. The van der Waals surface area contributed by atoms with Crippen molar-refractivity contribution in [1.82, 2.24) is 10.2 Å². The number of nitrogens with one attached hydrogen (secondary N) is 1. The third-order valence-corrected chi connectivity index (χ3v) is 1.55. The van der Waals surface area contributed by atoms with Gasteiger partial charge < -0.3 is 16.0 Å². The topological polar surface area (TPSA) is 58.4 Å². The minimum Gasteiger partial charge on any atom is -0.352 e.